The molecule has 270 valence electrons. The third kappa shape index (κ3) is 6.26. The molecule has 9 aromatic rings. The van der Waals surface area contributed by atoms with Crippen molar-refractivity contribution >= 4 is 54.5 Å². The molecular weight excluding hydrogens is 718 g/mol. The van der Waals surface area contributed by atoms with Crippen molar-refractivity contribution in [2.45, 2.75) is 25.4 Å². The zero-order chi connectivity index (χ0) is 37.8. The Balaban J connectivity index is 0.000000155. The quantitative estimate of drug-likeness (QED) is 0.184. The predicted molar refractivity (Wildman–Crippen MR) is 187 cm³/mol. The summed E-state index contributed by atoms with van der Waals surface area (Å²) in [5.41, 5.74) is 2.39. The third-order valence-electron chi connectivity index (χ3n) is 8.67. The Morgan fingerprint density at radius 2 is 1.13 bits per heavy atom. The van der Waals surface area contributed by atoms with Crippen molar-refractivity contribution in [2.24, 2.45) is 0 Å². The number of aromatic amines is 2. The van der Waals surface area contributed by atoms with Crippen LogP contribution in [0, 0.1) is 0 Å². The number of benzene rings is 1. The number of H-pyrrole nitrogens is 2. The molecule has 0 saturated carbocycles. The zero-order valence-corrected chi connectivity index (χ0v) is 27.3. The van der Waals surface area contributed by atoms with Crippen LogP contribution in [-0.4, -0.2) is 61.8 Å². The number of pyridine rings is 6. The second kappa shape index (κ2) is 12.9. The van der Waals surface area contributed by atoms with Crippen LogP contribution < -0.4 is 11.1 Å². The van der Waals surface area contributed by atoms with Crippen LogP contribution in [0.5, 0.6) is 0 Å². The van der Waals surface area contributed by atoms with Crippen LogP contribution in [0.4, 0.5) is 26.3 Å². The summed E-state index contributed by atoms with van der Waals surface area (Å²) < 4.78 is 80.0. The van der Waals surface area contributed by atoms with Crippen LogP contribution >= 0.6 is 0 Å². The first-order chi connectivity index (χ1) is 25.9. The van der Waals surface area contributed by atoms with Crippen molar-refractivity contribution in [3.05, 3.63) is 119 Å². The van der Waals surface area contributed by atoms with Gasteiger partial charge in [0.1, 0.15) is 13.1 Å². The van der Waals surface area contributed by atoms with Gasteiger partial charge in [-0.25, -0.2) is 0 Å². The average Bonchev–Trinajstić information content (AvgIpc) is 3.86. The molecule has 18 heteroatoms. The van der Waals surface area contributed by atoms with E-state index in [1.165, 1.54) is 36.9 Å². The number of aromatic nitrogens is 10. The van der Waals surface area contributed by atoms with E-state index in [0.717, 1.165) is 9.95 Å². The molecule has 12 nitrogen and oxygen atoms in total. The number of fused-ring (bicyclic) bond motifs is 7. The van der Waals surface area contributed by atoms with E-state index in [2.05, 4.69) is 40.3 Å². The van der Waals surface area contributed by atoms with Crippen LogP contribution in [0.2, 0.25) is 0 Å². The van der Waals surface area contributed by atoms with E-state index in [9.17, 15) is 35.9 Å². The van der Waals surface area contributed by atoms with E-state index in [0.29, 0.717) is 54.4 Å². The van der Waals surface area contributed by atoms with Gasteiger partial charge in [0.15, 0.2) is 0 Å². The van der Waals surface area contributed by atoms with E-state index in [1.807, 2.05) is 18.2 Å². The lowest BCUT2D eigenvalue weighted by molar-refractivity contribution is -0.141. The highest BCUT2D eigenvalue weighted by Gasteiger charge is 2.31. The van der Waals surface area contributed by atoms with Crippen LogP contribution in [-0.2, 0) is 13.1 Å². The summed E-state index contributed by atoms with van der Waals surface area (Å²) in [5.74, 6) is 0. The number of hydrogen-bond donors (Lipinski definition) is 2. The third-order valence-corrected chi connectivity index (χ3v) is 8.67. The summed E-state index contributed by atoms with van der Waals surface area (Å²) in [6, 6.07) is 15.5. The smallest absolute Gasteiger partial charge is 0.298 e. The van der Waals surface area contributed by atoms with E-state index < -0.39 is 36.6 Å². The first-order valence-corrected chi connectivity index (χ1v) is 16.0. The van der Waals surface area contributed by atoms with Crippen molar-refractivity contribution in [2.75, 3.05) is 0 Å². The number of halogens is 6. The van der Waals surface area contributed by atoms with Crippen molar-refractivity contribution in [3.8, 4) is 22.5 Å². The highest BCUT2D eigenvalue weighted by Crippen LogP contribution is 2.31. The van der Waals surface area contributed by atoms with Crippen molar-refractivity contribution in [1.82, 2.24) is 49.5 Å². The highest BCUT2D eigenvalue weighted by molar-refractivity contribution is 6.05. The largest absolute Gasteiger partial charge is 0.406 e. The molecule has 8 heterocycles. The molecule has 0 bridgehead atoms. The summed E-state index contributed by atoms with van der Waals surface area (Å²) >= 11 is 0. The van der Waals surface area contributed by atoms with Gasteiger partial charge in [0, 0.05) is 58.3 Å². The lowest BCUT2D eigenvalue weighted by Crippen LogP contribution is -2.28. The predicted octanol–water partition coefficient (Wildman–Crippen LogP) is 6.95. The van der Waals surface area contributed by atoms with Gasteiger partial charge in [-0.15, -0.1) is 0 Å². The molecule has 0 aliphatic carbocycles. The van der Waals surface area contributed by atoms with Crippen LogP contribution in [0.1, 0.15) is 0 Å². The fraction of sp³-hybridized carbons (Fsp3) is 0.111. The molecule has 1 aromatic carbocycles. The molecule has 0 aliphatic rings. The van der Waals surface area contributed by atoms with Gasteiger partial charge in [0.2, 0.25) is 0 Å². The maximum atomic E-state index is 13.2. The molecule has 0 amide bonds. The van der Waals surface area contributed by atoms with Gasteiger partial charge in [0.25, 0.3) is 11.1 Å². The normalized spacial score (nSPS) is 12.2. The van der Waals surface area contributed by atoms with Gasteiger partial charge in [0.05, 0.1) is 62.1 Å². The minimum Gasteiger partial charge on any atom is -0.298 e. The number of nitrogens with zero attached hydrogens (tertiary/aromatic N) is 8. The second-order valence-electron chi connectivity index (χ2n) is 12.1. The standard InChI is InChI=1S/C20H12F3N5O.C16H10F3N5O/c21-20(22,23)10-28-16-7-15(12-5-1-3-11-4-2-6-24-17(11)12)25-8-13(16)18-14(19(28)29)9-26-27-18;17-16(18,19)8-24-13-5-12(9-1-3-20-4-2-9)21-6-10(13)14-11(15(24)25)7-22-23-14/h1-9H,10H2,(H,26,27);1-7H,8H2,(H,22,23). The highest BCUT2D eigenvalue weighted by atomic mass is 19.4. The summed E-state index contributed by atoms with van der Waals surface area (Å²) in [6.07, 6.45) is 1.02. The number of nitrogens with one attached hydrogen (secondary N) is 2. The first kappa shape index (κ1) is 34.1. The molecule has 0 saturated heterocycles. The lowest BCUT2D eigenvalue weighted by Gasteiger charge is -2.14. The SMILES string of the molecule is O=c1c2cn[nH]c2c2cnc(-c3cccc4cccnc34)cc2n1CC(F)(F)F.O=c1c2cn[nH]c2c2cnc(-c3ccncc3)cc2n1CC(F)(F)F. The van der Waals surface area contributed by atoms with Crippen molar-refractivity contribution < 1.29 is 26.3 Å². The Kier molecular flexibility index (Phi) is 8.15. The topological polar surface area (TPSA) is 153 Å². The second-order valence-corrected chi connectivity index (χ2v) is 12.1. The van der Waals surface area contributed by atoms with E-state index in [-0.39, 0.29) is 21.8 Å². The van der Waals surface area contributed by atoms with Gasteiger partial charge < -0.3 is 0 Å². The van der Waals surface area contributed by atoms with E-state index in [4.69, 9.17) is 0 Å². The van der Waals surface area contributed by atoms with Gasteiger partial charge in [-0.1, -0.05) is 24.3 Å². The Labute approximate surface area is 296 Å². The summed E-state index contributed by atoms with van der Waals surface area (Å²) in [5, 5.41) is 14.8. The zero-order valence-electron chi connectivity index (χ0n) is 27.3. The van der Waals surface area contributed by atoms with Gasteiger partial charge >= 0.3 is 12.4 Å². The lowest BCUT2D eigenvalue weighted by atomic mass is 10.0. The van der Waals surface area contributed by atoms with Crippen LogP contribution in [0.25, 0.3) is 77.0 Å². The molecule has 0 unspecified atom stereocenters. The van der Waals surface area contributed by atoms with Gasteiger partial charge in [-0.05, 0) is 30.3 Å². The fourth-order valence-electron chi connectivity index (χ4n) is 6.35. The molecule has 9 rings (SSSR count). The maximum Gasteiger partial charge on any atom is 0.406 e. The maximum absolute atomic E-state index is 13.2. The molecule has 0 aliphatic heterocycles. The molecule has 2 N–H and O–H groups in total. The Morgan fingerprint density at radius 3 is 1.70 bits per heavy atom. The first-order valence-electron chi connectivity index (χ1n) is 16.0. The average molecular weight is 741 g/mol. The minimum atomic E-state index is -4.56. The number of para-hydroxylation sites is 1. The van der Waals surface area contributed by atoms with Crippen LogP contribution in [0.15, 0.2) is 108 Å². The summed E-state index contributed by atoms with van der Waals surface area (Å²) in [4.78, 5) is 42.2. The monoisotopic (exact) mass is 740 g/mol. The molecular formula is C36H22F6N10O2. The molecule has 0 fully saturated rings. The van der Waals surface area contributed by atoms with E-state index >= 15 is 0 Å². The number of alkyl halides is 6. The molecule has 0 atom stereocenters. The molecule has 0 radical (unpaired) electrons. The van der Waals surface area contributed by atoms with Crippen molar-refractivity contribution in [3.63, 3.8) is 0 Å². The fourth-order valence-corrected chi connectivity index (χ4v) is 6.35. The summed E-state index contributed by atoms with van der Waals surface area (Å²) in [7, 11) is 0. The van der Waals surface area contributed by atoms with Crippen LogP contribution in [0.3, 0.4) is 0 Å². The van der Waals surface area contributed by atoms with Gasteiger partial charge in [-0.2, -0.15) is 36.5 Å². The molecule has 54 heavy (non-hydrogen) atoms. The number of hydrogen-bond acceptors (Lipinski definition) is 8. The Hall–Kier alpha value is -6.98. The van der Waals surface area contributed by atoms with E-state index in [1.54, 1.807) is 42.9 Å². The number of rotatable bonds is 4. The summed E-state index contributed by atoms with van der Waals surface area (Å²) in [6.45, 7) is -2.79. The Bertz CT molecular complexity index is 2980. The molecule has 0 spiro atoms. The van der Waals surface area contributed by atoms with Crippen molar-refractivity contribution in [1.29, 1.82) is 0 Å². The Morgan fingerprint density at radius 1 is 0.593 bits per heavy atom. The van der Waals surface area contributed by atoms with Gasteiger partial charge in [-0.3, -0.25) is 48.9 Å². The minimum absolute atomic E-state index is 0.0862. The molecule has 8 aromatic heterocycles.